The topological polar surface area (TPSA) is 46.6 Å². The van der Waals surface area contributed by atoms with Gasteiger partial charge in [-0.05, 0) is 57.0 Å². The van der Waals surface area contributed by atoms with E-state index in [1.807, 2.05) is 38.1 Å². The number of carbonyl (C=O) groups excluding carboxylic acids is 2. The summed E-state index contributed by atoms with van der Waals surface area (Å²) in [7, 11) is 0. The summed E-state index contributed by atoms with van der Waals surface area (Å²) < 4.78 is 5.82. The highest BCUT2D eigenvalue weighted by atomic mass is 35.5. The fourth-order valence-electron chi connectivity index (χ4n) is 3.74. The van der Waals surface area contributed by atoms with Crippen LogP contribution in [0.1, 0.15) is 25.3 Å². The maximum atomic E-state index is 12.8. The van der Waals surface area contributed by atoms with E-state index in [2.05, 4.69) is 6.08 Å². The lowest BCUT2D eigenvalue weighted by molar-refractivity contribution is -0.122. The zero-order valence-corrected chi connectivity index (χ0v) is 16.0. The monoisotopic (exact) mass is 381 g/mol. The zero-order chi connectivity index (χ0) is 19.1. The van der Waals surface area contributed by atoms with Gasteiger partial charge in [-0.2, -0.15) is 0 Å². The van der Waals surface area contributed by atoms with E-state index in [-0.39, 0.29) is 23.7 Å². The first kappa shape index (κ1) is 17.8. The van der Waals surface area contributed by atoms with Crippen molar-refractivity contribution in [2.75, 3.05) is 4.90 Å². The third kappa shape index (κ3) is 3.26. The number of hydrogen-bond donors (Lipinski definition) is 0. The van der Waals surface area contributed by atoms with Gasteiger partial charge in [0.25, 0.3) is 0 Å². The highest BCUT2D eigenvalue weighted by Gasteiger charge is 2.48. The average molecular weight is 382 g/mol. The predicted octanol–water partition coefficient (Wildman–Crippen LogP) is 5.29. The predicted molar refractivity (Wildman–Crippen MR) is 105 cm³/mol. The Bertz CT molecular complexity index is 949. The van der Waals surface area contributed by atoms with Crippen LogP contribution in [0.25, 0.3) is 0 Å². The molecule has 0 aromatic heterocycles. The van der Waals surface area contributed by atoms with E-state index in [9.17, 15) is 9.59 Å². The second-order valence-electron chi connectivity index (χ2n) is 7.25. The Morgan fingerprint density at radius 2 is 1.70 bits per heavy atom. The Morgan fingerprint density at radius 3 is 2.41 bits per heavy atom. The summed E-state index contributed by atoms with van der Waals surface area (Å²) in [6, 6.07) is 12.7. The van der Waals surface area contributed by atoms with E-state index in [0.717, 1.165) is 5.56 Å². The van der Waals surface area contributed by atoms with Crippen LogP contribution in [0.15, 0.2) is 54.1 Å². The second-order valence-corrected chi connectivity index (χ2v) is 7.65. The largest absolute Gasteiger partial charge is 0.456 e. The van der Waals surface area contributed by atoms with Crippen LogP contribution in [-0.2, 0) is 9.59 Å². The number of ether oxygens (including phenoxy) is 1. The first-order chi connectivity index (χ1) is 12.9. The number of anilines is 1. The van der Waals surface area contributed by atoms with Crippen molar-refractivity contribution in [3.63, 3.8) is 0 Å². The van der Waals surface area contributed by atoms with Crippen molar-refractivity contribution >= 4 is 29.1 Å². The van der Waals surface area contributed by atoms with E-state index in [1.165, 1.54) is 10.5 Å². The quantitative estimate of drug-likeness (QED) is 0.536. The van der Waals surface area contributed by atoms with E-state index in [0.29, 0.717) is 35.1 Å². The van der Waals surface area contributed by atoms with E-state index < -0.39 is 0 Å². The highest BCUT2D eigenvalue weighted by Crippen LogP contribution is 2.41. The number of halogens is 1. The summed E-state index contributed by atoms with van der Waals surface area (Å²) in [6.45, 7) is 4.01. The van der Waals surface area contributed by atoms with Gasteiger partial charge in [-0.25, -0.2) is 4.90 Å². The van der Waals surface area contributed by atoms with Crippen LogP contribution in [0.5, 0.6) is 11.5 Å². The average Bonchev–Trinajstić information content (AvgIpc) is 2.89. The molecule has 0 saturated carbocycles. The number of benzene rings is 2. The van der Waals surface area contributed by atoms with Crippen LogP contribution < -0.4 is 9.64 Å². The van der Waals surface area contributed by atoms with Crippen LogP contribution >= 0.6 is 11.6 Å². The first-order valence-corrected chi connectivity index (χ1v) is 9.39. The number of imide groups is 1. The maximum Gasteiger partial charge on any atom is 0.238 e. The summed E-state index contributed by atoms with van der Waals surface area (Å²) in [5.41, 5.74) is 2.80. The molecule has 5 heteroatoms. The lowest BCUT2D eigenvalue weighted by atomic mass is 9.82. The standard InChI is InChI=1S/C22H20ClNO3/c1-13-3-7-16(8-4-13)27-20-10-6-15(12-19(20)23)24-21(25)17-9-5-14(2)11-18(17)22(24)26/h3-8,10,12,17-18H,9,11H2,1-2H3/t17-,18-/m0/s1. The molecule has 27 heavy (non-hydrogen) atoms. The summed E-state index contributed by atoms with van der Waals surface area (Å²) >= 11 is 6.38. The van der Waals surface area contributed by atoms with E-state index >= 15 is 0 Å². The molecule has 2 aromatic carbocycles. The minimum absolute atomic E-state index is 0.138. The normalized spacial score (nSPS) is 21.9. The molecule has 2 aliphatic rings. The minimum atomic E-state index is -0.261. The van der Waals surface area contributed by atoms with Crippen LogP contribution in [0.4, 0.5) is 5.69 Å². The van der Waals surface area contributed by atoms with Gasteiger partial charge in [0.2, 0.25) is 11.8 Å². The molecule has 0 radical (unpaired) electrons. The van der Waals surface area contributed by atoms with Crippen molar-refractivity contribution in [2.45, 2.75) is 26.7 Å². The molecular formula is C22H20ClNO3. The van der Waals surface area contributed by atoms with Gasteiger partial charge in [-0.15, -0.1) is 0 Å². The molecule has 1 aliphatic heterocycles. The Morgan fingerprint density at radius 1 is 1.00 bits per heavy atom. The lowest BCUT2D eigenvalue weighted by Gasteiger charge is -2.18. The fraction of sp³-hybridized carbons (Fsp3) is 0.273. The van der Waals surface area contributed by atoms with Crippen molar-refractivity contribution in [1.82, 2.24) is 0 Å². The Balaban J connectivity index is 1.58. The number of hydrogen-bond acceptors (Lipinski definition) is 3. The van der Waals surface area contributed by atoms with Crippen molar-refractivity contribution < 1.29 is 14.3 Å². The van der Waals surface area contributed by atoms with Crippen LogP contribution in [0.2, 0.25) is 5.02 Å². The number of carbonyl (C=O) groups is 2. The Labute approximate surface area is 163 Å². The Kier molecular flexibility index (Phi) is 4.52. The van der Waals surface area contributed by atoms with Gasteiger partial charge in [-0.1, -0.05) is 40.9 Å². The molecule has 0 bridgehead atoms. The molecule has 2 atom stereocenters. The third-order valence-corrected chi connectivity index (χ3v) is 5.54. The summed E-state index contributed by atoms with van der Waals surface area (Å²) in [5.74, 6) is 0.361. The van der Waals surface area contributed by atoms with Gasteiger partial charge in [0.05, 0.1) is 22.5 Å². The minimum Gasteiger partial charge on any atom is -0.456 e. The molecule has 0 N–H and O–H groups in total. The molecule has 0 unspecified atom stereocenters. The fourth-order valence-corrected chi connectivity index (χ4v) is 3.95. The molecule has 1 saturated heterocycles. The number of rotatable bonds is 3. The molecular weight excluding hydrogens is 362 g/mol. The number of aryl methyl sites for hydroxylation is 1. The van der Waals surface area contributed by atoms with Gasteiger partial charge >= 0.3 is 0 Å². The van der Waals surface area contributed by atoms with Gasteiger partial charge in [0.15, 0.2) is 0 Å². The van der Waals surface area contributed by atoms with Crippen molar-refractivity contribution in [3.8, 4) is 11.5 Å². The molecule has 1 heterocycles. The molecule has 2 aromatic rings. The molecule has 1 fully saturated rings. The molecule has 1 aliphatic carbocycles. The second kappa shape index (κ2) is 6.86. The summed E-state index contributed by atoms with van der Waals surface area (Å²) in [4.78, 5) is 26.9. The van der Waals surface area contributed by atoms with Crippen molar-refractivity contribution in [2.24, 2.45) is 11.8 Å². The molecule has 138 valence electrons. The van der Waals surface area contributed by atoms with Crippen LogP contribution in [0, 0.1) is 18.8 Å². The van der Waals surface area contributed by atoms with E-state index in [1.54, 1.807) is 18.2 Å². The third-order valence-electron chi connectivity index (χ3n) is 5.25. The molecule has 2 amide bonds. The summed E-state index contributed by atoms with van der Waals surface area (Å²) in [6.07, 6.45) is 3.33. The number of nitrogens with zero attached hydrogens (tertiary/aromatic N) is 1. The smallest absolute Gasteiger partial charge is 0.238 e. The van der Waals surface area contributed by atoms with Crippen molar-refractivity contribution in [3.05, 3.63) is 64.7 Å². The molecule has 0 spiro atoms. The van der Waals surface area contributed by atoms with Gasteiger partial charge in [0.1, 0.15) is 11.5 Å². The van der Waals surface area contributed by atoms with Crippen LogP contribution in [0.3, 0.4) is 0 Å². The highest BCUT2D eigenvalue weighted by molar-refractivity contribution is 6.33. The number of fused-ring (bicyclic) bond motifs is 1. The van der Waals surface area contributed by atoms with Gasteiger partial charge < -0.3 is 4.74 Å². The SMILES string of the molecule is CC1=CC[C@@H]2C(=O)N(c3ccc(Oc4ccc(C)cc4)c(Cl)c3)C(=O)[C@H]2C1. The summed E-state index contributed by atoms with van der Waals surface area (Å²) in [5, 5.41) is 0.359. The van der Waals surface area contributed by atoms with Crippen LogP contribution in [-0.4, -0.2) is 11.8 Å². The van der Waals surface area contributed by atoms with Gasteiger partial charge in [-0.3, -0.25) is 9.59 Å². The maximum absolute atomic E-state index is 12.8. The number of allylic oxidation sites excluding steroid dienone is 2. The van der Waals surface area contributed by atoms with Gasteiger partial charge in [0, 0.05) is 0 Å². The lowest BCUT2D eigenvalue weighted by Crippen LogP contribution is -2.30. The number of amides is 2. The molecule has 4 nitrogen and oxygen atoms in total. The molecule has 4 rings (SSSR count). The van der Waals surface area contributed by atoms with E-state index in [4.69, 9.17) is 16.3 Å². The zero-order valence-electron chi connectivity index (χ0n) is 15.2. The van der Waals surface area contributed by atoms with Crippen molar-refractivity contribution in [1.29, 1.82) is 0 Å². The Hall–Kier alpha value is -2.59. The first-order valence-electron chi connectivity index (χ1n) is 9.01.